The molecular formula is C12H12F3N3. The van der Waals surface area contributed by atoms with E-state index in [2.05, 4.69) is 15.3 Å². The summed E-state index contributed by atoms with van der Waals surface area (Å²) >= 11 is 0. The third-order valence-electron chi connectivity index (χ3n) is 2.58. The molecule has 6 heteroatoms. The van der Waals surface area contributed by atoms with Crippen molar-refractivity contribution in [2.45, 2.75) is 19.6 Å². The number of rotatable bonds is 3. The fourth-order valence-electron chi connectivity index (χ4n) is 1.56. The van der Waals surface area contributed by atoms with Gasteiger partial charge in [-0.1, -0.05) is 6.07 Å². The molecule has 0 radical (unpaired) electrons. The third kappa shape index (κ3) is 2.82. The van der Waals surface area contributed by atoms with Gasteiger partial charge >= 0.3 is 6.18 Å². The Hall–Kier alpha value is -1.98. The monoisotopic (exact) mass is 255 g/mol. The van der Waals surface area contributed by atoms with Crippen LogP contribution in [0.1, 0.15) is 17.0 Å². The molecule has 96 valence electrons. The largest absolute Gasteiger partial charge is 0.416 e. The van der Waals surface area contributed by atoms with Gasteiger partial charge in [0.1, 0.15) is 0 Å². The molecule has 2 N–H and O–H groups in total. The van der Waals surface area contributed by atoms with Crippen LogP contribution in [-0.2, 0) is 12.7 Å². The highest BCUT2D eigenvalue weighted by Gasteiger charge is 2.30. The Bertz CT molecular complexity index is 531. The molecule has 1 heterocycles. The zero-order chi connectivity index (χ0) is 13.2. The quantitative estimate of drug-likeness (QED) is 0.883. The molecule has 18 heavy (non-hydrogen) atoms. The van der Waals surface area contributed by atoms with Crippen LogP contribution in [0.3, 0.4) is 0 Å². The molecule has 0 saturated carbocycles. The standard InChI is InChI=1S/C12H12F3N3/c1-8-11(18-7-17-8)6-16-10-4-2-3-9(5-10)12(13,14)15/h2-5,7,16H,6H2,1H3,(H,17,18). The highest BCUT2D eigenvalue weighted by molar-refractivity contribution is 5.46. The van der Waals surface area contributed by atoms with Crippen LogP contribution < -0.4 is 5.32 Å². The van der Waals surface area contributed by atoms with Crippen molar-refractivity contribution in [1.29, 1.82) is 0 Å². The first-order valence-electron chi connectivity index (χ1n) is 5.37. The van der Waals surface area contributed by atoms with Crippen LogP contribution in [0.4, 0.5) is 18.9 Å². The van der Waals surface area contributed by atoms with Crippen molar-refractivity contribution in [1.82, 2.24) is 9.97 Å². The summed E-state index contributed by atoms with van der Waals surface area (Å²) in [5, 5.41) is 2.92. The molecule has 0 spiro atoms. The minimum Gasteiger partial charge on any atom is -0.379 e. The van der Waals surface area contributed by atoms with Crippen LogP contribution in [0.15, 0.2) is 30.6 Å². The minimum absolute atomic E-state index is 0.386. The predicted molar refractivity (Wildman–Crippen MR) is 62.1 cm³/mol. The van der Waals surface area contributed by atoms with Gasteiger partial charge in [-0.3, -0.25) is 0 Å². The van der Waals surface area contributed by atoms with Crippen LogP contribution >= 0.6 is 0 Å². The van der Waals surface area contributed by atoms with E-state index in [4.69, 9.17) is 0 Å². The van der Waals surface area contributed by atoms with E-state index < -0.39 is 11.7 Å². The van der Waals surface area contributed by atoms with E-state index in [1.165, 1.54) is 6.07 Å². The van der Waals surface area contributed by atoms with Gasteiger partial charge in [-0.25, -0.2) is 4.98 Å². The molecule has 2 rings (SSSR count). The normalized spacial score (nSPS) is 11.6. The van der Waals surface area contributed by atoms with E-state index in [1.807, 2.05) is 6.92 Å². The maximum absolute atomic E-state index is 12.5. The first-order valence-corrected chi connectivity index (χ1v) is 5.37. The first-order chi connectivity index (χ1) is 8.47. The Morgan fingerprint density at radius 1 is 1.33 bits per heavy atom. The molecule has 0 saturated heterocycles. The molecule has 0 aliphatic rings. The number of H-pyrrole nitrogens is 1. The molecule has 1 aromatic heterocycles. The first kappa shape index (κ1) is 12.5. The Labute approximate surface area is 102 Å². The van der Waals surface area contributed by atoms with Gasteiger partial charge in [0.15, 0.2) is 0 Å². The van der Waals surface area contributed by atoms with Crippen LogP contribution in [-0.4, -0.2) is 9.97 Å². The number of aromatic nitrogens is 2. The molecule has 0 unspecified atom stereocenters. The van der Waals surface area contributed by atoms with E-state index in [1.54, 1.807) is 12.4 Å². The molecule has 0 atom stereocenters. The molecule has 0 fully saturated rings. The molecule has 1 aromatic carbocycles. The highest BCUT2D eigenvalue weighted by atomic mass is 19.4. The third-order valence-corrected chi connectivity index (χ3v) is 2.58. The van der Waals surface area contributed by atoms with E-state index in [9.17, 15) is 13.2 Å². The topological polar surface area (TPSA) is 40.7 Å². The second-order valence-electron chi connectivity index (χ2n) is 3.91. The fourth-order valence-corrected chi connectivity index (χ4v) is 1.56. The van der Waals surface area contributed by atoms with Crippen LogP contribution in [0, 0.1) is 6.92 Å². The second-order valence-corrected chi connectivity index (χ2v) is 3.91. The van der Waals surface area contributed by atoms with Crippen molar-refractivity contribution in [3.63, 3.8) is 0 Å². The Morgan fingerprint density at radius 2 is 2.11 bits per heavy atom. The number of aromatic amines is 1. The summed E-state index contributed by atoms with van der Waals surface area (Å²) in [6.45, 7) is 2.24. The zero-order valence-electron chi connectivity index (χ0n) is 9.67. The van der Waals surface area contributed by atoms with E-state index in [0.29, 0.717) is 12.2 Å². The number of halogens is 3. The number of hydrogen-bond acceptors (Lipinski definition) is 2. The van der Waals surface area contributed by atoms with Gasteiger partial charge in [-0.2, -0.15) is 13.2 Å². The fraction of sp³-hybridized carbons (Fsp3) is 0.250. The number of aryl methyl sites for hydroxylation is 1. The van der Waals surface area contributed by atoms with Crippen molar-refractivity contribution in [2.75, 3.05) is 5.32 Å². The summed E-state index contributed by atoms with van der Waals surface area (Å²) in [6.07, 6.45) is -2.77. The number of alkyl halides is 3. The van der Waals surface area contributed by atoms with Gasteiger partial charge < -0.3 is 10.3 Å². The van der Waals surface area contributed by atoms with Crippen LogP contribution in [0.25, 0.3) is 0 Å². The molecule has 2 aromatic rings. The summed E-state index contributed by atoms with van der Waals surface area (Å²) in [6, 6.07) is 5.10. The molecule has 3 nitrogen and oxygen atoms in total. The summed E-state index contributed by atoms with van der Waals surface area (Å²) in [7, 11) is 0. The van der Waals surface area contributed by atoms with Gasteiger partial charge in [-0.05, 0) is 25.1 Å². The van der Waals surface area contributed by atoms with Crippen LogP contribution in [0.5, 0.6) is 0 Å². The number of nitrogens with one attached hydrogen (secondary N) is 2. The molecule has 0 aliphatic heterocycles. The Morgan fingerprint density at radius 3 is 2.72 bits per heavy atom. The van der Waals surface area contributed by atoms with E-state index in [0.717, 1.165) is 23.5 Å². The van der Waals surface area contributed by atoms with Gasteiger partial charge in [0.05, 0.1) is 24.1 Å². The van der Waals surface area contributed by atoms with Crippen molar-refractivity contribution in [3.05, 3.63) is 47.5 Å². The SMILES string of the molecule is Cc1[nH]cnc1CNc1cccc(C(F)(F)F)c1. The molecular weight excluding hydrogens is 243 g/mol. The average molecular weight is 255 g/mol. The number of nitrogens with zero attached hydrogens (tertiary/aromatic N) is 1. The molecule has 0 amide bonds. The van der Waals surface area contributed by atoms with Crippen LogP contribution in [0.2, 0.25) is 0 Å². The predicted octanol–water partition coefficient (Wildman–Crippen LogP) is 3.35. The zero-order valence-corrected chi connectivity index (χ0v) is 9.67. The summed E-state index contributed by atoms with van der Waals surface area (Å²) in [5.41, 5.74) is 1.44. The number of imidazole rings is 1. The number of benzene rings is 1. The second kappa shape index (κ2) is 4.72. The summed E-state index contributed by atoms with van der Waals surface area (Å²) in [5.74, 6) is 0. The van der Waals surface area contributed by atoms with Gasteiger partial charge in [0.2, 0.25) is 0 Å². The lowest BCUT2D eigenvalue weighted by atomic mass is 10.2. The average Bonchev–Trinajstić information content (AvgIpc) is 2.72. The lowest BCUT2D eigenvalue weighted by Crippen LogP contribution is -2.06. The lowest BCUT2D eigenvalue weighted by molar-refractivity contribution is -0.137. The van der Waals surface area contributed by atoms with Crippen molar-refractivity contribution in [2.24, 2.45) is 0 Å². The Kier molecular flexibility index (Phi) is 3.27. The van der Waals surface area contributed by atoms with Gasteiger partial charge in [-0.15, -0.1) is 0 Å². The smallest absolute Gasteiger partial charge is 0.379 e. The van der Waals surface area contributed by atoms with Gasteiger partial charge in [0.25, 0.3) is 0 Å². The van der Waals surface area contributed by atoms with Crippen molar-refractivity contribution < 1.29 is 13.2 Å². The maximum Gasteiger partial charge on any atom is 0.416 e. The Balaban J connectivity index is 2.09. The summed E-state index contributed by atoms with van der Waals surface area (Å²) in [4.78, 5) is 6.97. The van der Waals surface area contributed by atoms with E-state index >= 15 is 0 Å². The van der Waals surface area contributed by atoms with E-state index in [-0.39, 0.29) is 0 Å². The number of hydrogen-bond donors (Lipinski definition) is 2. The van der Waals surface area contributed by atoms with Gasteiger partial charge in [0, 0.05) is 11.4 Å². The summed E-state index contributed by atoms with van der Waals surface area (Å²) < 4.78 is 37.5. The highest BCUT2D eigenvalue weighted by Crippen LogP contribution is 2.30. The lowest BCUT2D eigenvalue weighted by Gasteiger charge is -2.10. The minimum atomic E-state index is -4.32. The van der Waals surface area contributed by atoms with Crippen molar-refractivity contribution in [3.8, 4) is 0 Å². The molecule has 0 bridgehead atoms. The maximum atomic E-state index is 12.5. The number of anilines is 1. The molecule has 0 aliphatic carbocycles. The van der Waals surface area contributed by atoms with Crippen molar-refractivity contribution >= 4 is 5.69 Å².